The van der Waals surface area contributed by atoms with Gasteiger partial charge in [-0.05, 0) is 37.5 Å². The van der Waals surface area contributed by atoms with Crippen molar-refractivity contribution in [2.45, 2.75) is 19.3 Å². The van der Waals surface area contributed by atoms with E-state index in [1.165, 1.54) is 18.2 Å². The van der Waals surface area contributed by atoms with Gasteiger partial charge in [-0.3, -0.25) is 4.79 Å². The molecule has 0 bridgehead atoms. The number of hydrogen-bond donors (Lipinski definition) is 1. The number of carbonyl (C=O) groups excluding carboxylic acids is 1. The number of nitrogens with zero attached hydrogens (tertiary/aromatic N) is 1. The normalized spacial score (nSPS) is 15.6. The Morgan fingerprint density at radius 1 is 1.10 bits per heavy atom. The summed E-state index contributed by atoms with van der Waals surface area (Å²) >= 11 is 0. The summed E-state index contributed by atoms with van der Waals surface area (Å²) in [5.41, 5.74) is 0.349. The highest BCUT2D eigenvalue weighted by Crippen LogP contribution is 2.29. The van der Waals surface area contributed by atoms with Crippen LogP contribution in [0.3, 0.4) is 0 Å². The Balaban J connectivity index is 2.03. The number of halogens is 1. The molecule has 0 aromatic heterocycles. The minimum atomic E-state index is -0.425. The first-order valence-corrected chi connectivity index (χ1v) is 6.87. The van der Waals surface area contributed by atoms with Crippen LogP contribution in [0.2, 0.25) is 0 Å². The molecule has 1 amide bonds. The molecule has 0 aliphatic carbocycles. The second-order valence-corrected chi connectivity index (χ2v) is 5.18. The maximum atomic E-state index is 13.8. The molecule has 20 heavy (non-hydrogen) atoms. The molecule has 1 heterocycles. The van der Waals surface area contributed by atoms with Crippen LogP contribution in [0.4, 0.5) is 4.39 Å². The highest BCUT2D eigenvalue weighted by molar-refractivity contribution is 6.01. The topological polar surface area (TPSA) is 40.5 Å². The smallest absolute Gasteiger partial charge is 0.254 e. The third-order valence-corrected chi connectivity index (χ3v) is 3.81. The number of amides is 1. The summed E-state index contributed by atoms with van der Waals surface area (Å²) in [6, 6.07) is 7.48. The van der Waals surface area contributed by atoms with Crippen molar-refractivity contribution in [3.8, 4) is 5.75 Å². The highest BCUT2D eigenvalue weighted by atomic mass is 19.1. The lowest BCUT2D eigenvalue weighted by atomic mass is 10.0. The molecule has 0 saturated carbocycles. The number of benzene rings is 2. The summed E-state index contributed by atoms with van der Waals surface area (Å²) in [7, 11) is 0. The minimum Gasteiger partial charge on any atom is -0.507 e. The van der Waals surface area contributed by atoms with Crippen LogP contribution >= 0.6 is 0 Å². The first-order valence-electron chi connectivity index (χ1n) is 6.87. The molecule has 3 rings (SSSR count). The van der Waals surface area contributed by atoms with Crippen molar-refractivity contribution < 1.29 is 14.3 Å². The molecular formula is C16H16FNO2. The Morgan fingerprint density at radius 2 is 1.85 bits per heavy atom. The number of phenols is 1. The SMILES string of the molecule is O=C(c1cc(O)c2cccc(F)c2c1)N1CCCCC1. The maximum absolute atomic E-state index is 13.8. The van der Waals surface area contributed by atoms with Gasteiger partial charge in [0.25, 0.3) is 5.91 Å². The van der Waals surface area contributed by atoms with E-state index < -0.39 is 5.82 Å². The van der Waals surface area contributed by atoms with Crippen molar-refractivity contribution >= 4 is 16.7 Å². The molecule has 0 spiro atoms. The second kappa shape index (κ2) is 5.12. The van der Waals surface area contributed by atoms with Crippen LogP contribution in [0.25, 0.3) is 10.8 Å². The van der Waals surface area contributed by atoms with Crippen LogP contribution in [0.1, 0.15) is 29.6 Å². The van der Waals surface area contributed by atoms with Gasteiger partial charge in [0.05, 0.1) is 0 Å². The standard InChI is InChI=1S/C16H16FNO2/c17-14-6-4-5-12-13(14)9-11(10-15(12)19)16(20)18-7-2-1-3-8-18/h4-6,9-10,19H,1-3,7-8H2. The van der Waals surface area contributed by atoms with E-state index in [-0.39, 0.29) is 17.0 Å². The van der Waals surface area contributed by atoms with Crippen LogP contribution < -0.4 is 0 Å². The molecule has 1 aliphatic heterocycles. The first-order chi connectivity index (χ1) is 9.66. The molecule has 104 valence electrons. The number of piperidine rings is 1. The fourth-order valence-electron chi connectivity index (χ4n) is 2.73. The van der Waals surface area contributed by atoms with E-state index in [0.29, 0.717) is 10.9 Å². The van der Waals surface area contributed by atoms with Gasteiger partial charge in [-0.15, -0.1) is 0 Å². The number of hydrogen-bond acceptors (Lipinski definition) is 2. The monoisotopic (exact) mass is 273 g/mol. The van der Waals surface area contributed by atoms with E-state index in [4.69, 9.17) is 0 Å². The zero-order valence-corrected chi connectivity index (χ0v) is 11.1. The molecule has 2 aromatic carbocycles. The van der Waals surface area contributed by atoms with Crippen molar-refractivity contribution in [3.05, 3.63) is 41.7 Å². The summed E-state index contributed by atoms with van der Waals surface area (Å²) in [5.74, 6) is -0.612. The average Bonchev–Trinajstić information content (AvgIpc) is 2.48. The van der Waals surface area contributed by atoms with E-state index in [1.54, 1.807) is 17.0 Å². The van der Waals surface area contributed by atoms with Gasteiger partial charge in [0.2, 0.25) is 0 Å². The fourth-order valence-corrected chi connectivity index (χ4v) is 2.73. The quantitative estimate of drug-likeness (QED) is 0.866. The van der Waals surface area contributed by atoms with Crippen LogP contribution in [0, 0.1) is 5.82 Å². The summed E-state index contributed by atoms with van der Waals surface area (Å²) in [5, 5.41) is 10.7. The van der Waals surface area contributed by atoms with E-state index in [1.807, 2.05) is 0 Å². The van der Waals surface area contributed by atoms with Crippen molar-refractivity contribution in [1.82, 2.24) is 4.90 Å². The minimum absolute atomic E-state index is 0.0534. The number of likely N-dealkylation sites (tertiary alicyclic amines) is 1. The van der Waals surface area contributed by atoms with Crippen molar-refractivity contribution in [2.75, 3.05) is 13.1 Å². The van der Waals surface area contributed by atoms with Gasteiger partial charge in [-0.2, -0.15) is 0 Å². The largest absolute Gasteiger partial charge is 0.507 e. The van der Waals surface area contributed by atoms with Crippen LogP contribution in [-0.4, -0.2) is 29.0 Å². The Labute approximate surface area is 116 Å². The molecule has 2 aromatic rings. The maximum Gasteiger partial charge on any atom is 0.254 e. The lowest BCUT2D eigenvalue weighted by Crippen LogP contribution is -2.35. The molecule has 1 saturated heterocycles. The van der Waals surface area contributed by atoms with Gasteiger partial charge in [0.1, 0.15) is 11.6 Å². The van der Waals surface area contributed by atoms with Crippen LogP contribution in [-0.2, 0) is 0 Å². The molecule has 1 aliphatic rings. The molecule has 3 nitrogen and oxygen atoms in total. The number of carbonyl (C=O) groups is 1. The first kappa shape index (κ1) is 12.9. The summed E-state index contributed by atoms with van der Waals surface area (Å²) < 4.78 is 13.8. The Morgan fingerprint density at radius 3 is 2.60 bits per heavy atom. The van der Waals surface area contributed by atoms with E-state index in [0.717, 1.165) is 32.4 Å². The van der Waals surface area contributed by atoms with Gasteiger partial charge in [0, 0.05) is 29.4 Å². The fraction of sp³-hybridized carbons (Fsp3) is 0.312. The predicted octanol–water partition coefficient (Wildman–Crippen LogP) is 3.31. The number of phenolic OH excluding ortho intramolecular Hbond substituents is 1. The molecule has 4 heteroatoms. The summed E-state index contributed by atoms with van der Waals surface area (Å²) in [6.07, 6.45) is 3.14. The molecule has 1 N–H and O–H groups in total. The lowest BCUT2D eigenvalue weighted by molar-refractivity contribution is 0.0724. The highest BCUT2D eigenvalue weighted by Gasteiger charge is 2.20. The van der Waals surface area contributed by atoms with E-state index in [2.05, 4.69) is 0 Å². The number of aromatic hydroxyl groups is 1. The molecule has 0 radical (unpaired) electrons. The third-order valence-electron chi connectivity index (χ3n) is 3.81. The molecule has 0 unspecified atom stereocenters. The second-order valence-electron chi connectivity index (χ2n) is 5.18. The average molecular weight is 273 g/mol. The number of fused-ring (bicyclic) bond motifs is 1. The van der Waals surface area contributed by atoms with Crippen LogP contribution in [0.15, 0.2) is 30.3 Å². The molecular weight excluding hydrogens is 257 g/mol. The summed E-state index contributed by atoms with van der Waals surface area (Å²) in [6.45, 7) is 1.46. The van der Waals surface area contributed by atoms with Crippen molar-refractivity contribution in [1.29, 1.82) is 0 Å². The Hall–Kier alpha value is -2.10. The van der Waals surface area contributed by atoms with Gasteiger partial charge in [-0.25, -0.2) is 4.39 Å². The van der Waals surface area contributed by atoms with E-state index >= 15 is 0 Å². The van der Waals surface area contributed by atoms with Gasteiger partial charge in [-0.1, -0.05) is 12.1 Å². The van der Waals surface area contributed by atoms with Gasteiger partial charge < -0.3 is 10.0 Å². The molecule has 0 atom stereocenters. The molecule has 1 fully saturated rings. The lowest BCUT2D eigenvalue weighted by Gasteiger charge is -2.26. The van der Waals surface area contributed by atoms with Crippen molar-refractivity contribution in [3.63, 3.8) is 0 Å². The Bertz CT molecular complexity index is 663. The Kier molecular flexibility index (Phi) is 3.30. The van der Waals surface area contributed by atoms with Gasteiger partial charge >= 0.3 is 0 Å². The number of rotatable bonds is 1. The van der Waals surface area contributed by atoms with Crippen LogP contribution in [0.5, 0.6) is 5.75 Å². The van der Waals surface area contributed by atoms with E-state index in [9.17, 15) is 14.3 Å². The van der Waals surface area contributed by atoms with Gasteiger partial charge in [0.15, 0.2) is 0 Å². The zero-order chi connectivity index (χ0) is 14.1. The third kappa shape index (κ3) is 2.22. The predicted molar refractivity (Wildman–Crippen MR) is 75.3 cm³/mol. The summed E-state index contributed by atoms with van der Waals surface area (Å²) in [4.78, 5) is 14.2. The zero-order valence-electron chi connectivity index (χ0n) is 11.1. The van der Waals surface area contributed by atoms with Crippen molar-refractivity contribution in [2.24, 2.45) is 0 Å².